The monoisotopic (exact) mass is 185 g/mol. The van der Waals surface area contributed by atoms with Crippen LogP contribution < -0.4 is 0 Å². The minimum Gasteiger partial charge on any atom is -0.448 e. The van der Waals surface area contributed by atoms with E-state index < -0.39 is 0 Å². The predicted octanol–water partition coefficient (Wildman–Crippen LogP) is 1.20. The van der Waals surface area contributed by atoms with Crippen LogP contribution in [0.4, 0.5) is 4.79 Å². The van der Waals surface area contributed by atoms with Gasteiger partial charge in [0, 0.05) is 13.0 Å². The van der Waals surface area contributed by atoms with Crippen LogP contribution in [0.5, 0.6) is 0 Å². The summed E-state index contributed by atoms with van der Waals surface area (Å²) < 4.78 is 4.76. The van der Waals surface area contributed by atoms with Crippen molar-refractivity contribution in [1.82, 2.24) is 4.90 Å². The number of rotatable bonds is 5. The molecule has 1 aliphatic heterocycles. The lowest BCUT2D eigenvalue weighted by atomic mass is 10.2. The first-order valence-electron chi connectivity index (χ1n) is 4.61. The second-order valence-electron chi connectivity index (χ2n) is 3.26. The smallest absolute Gasteiger partial charge is 0.409 e. The molecule has 0 radical (unpaired) electrons. The third kappa shape index (κ3) is 3.44. The minimum atomic E-state index is -0.220. The van der Waals surface area contributed by atoms with Gasteiger partial charge >= 0.3 is 6.09 Å². The Kier molecular flexibility index (Phi) is 3.73. The number of carbonyl (C=O) groups is 2. The lowest BCUT2D eigenvalue weighted by Crippen LogP contribution is -2.25. The molecule has 0 spiro atoms. The summed E-state index contributed by atoms with van der Waals surface area (Å²) in [6, 6.07) is 0. The predicted molar refractivity (Wildman–Crippen MR) is 47.5 cm³/mol. The topological polar surface area (TPSA) is 46.6 Å². The van der Waals surface area contributed by atoms with Gasteiger partial charge in [-0.1, -0.05) is 0 Å². The zero-order valence-electron chi connectivity index (χ0n) is 7.91. The van der Waals surface area contributed by atoms with Gasteiger partial charge in [0.25, 0.3) is 0 Å². The molecule has 0 aromatic heterocycles. The quantitative estimate of drug-likeness (QED) is 0.604. The highest BCUT2D eigenvalue weighted by Gasteiger charge is 2.20. The van der Waals surface area contributed by atoms with Gasteiger partial charge in [0.1, 0.15) is 12.4 Å². The molecule has 1 rings (SSSR count). The Morgan fingerprint density at radius 3 is 2.85 bits per heavy atom. The van der Waals surface area contributed by atoms with Crippen molar-refractivity contribution >= 4 is 11.9 Å². The second kappa shape index (κ2) is 4.84. The van der Waals surface area contributed by atoms with Gasteiger partial charge in [-0.15, -0.1) is 0 Å². The maximum Gasteiger partial charge on any atom is 0.409 e. The van der Waals surface area contributed by atoms with Crippen LogP contribution in [0.1, 0.15) is 26.2 Å². The fourth-order valence-corrected chi connectivity index (χ4v) is 1.31. The highest BCUT2D eigenvalue weighted by atomic mass is 16.6. The lowest BCUT2D eigenvalue weighted by molar-refractivity contribution is -0.117. The van der Waals surface area contributed by atoms with E-state index in [1.165, 1.54) is 0 Å². The molecule has 1 saturated heterocycles. The van der Waals surface area contributed by atoms with E-state index in [0.717, 1.165) is 12.8 Å². The van der Waals surface area contributed by atoms with E-state index in [0.29, 0.717) is 26.1 Å². The van der Waals surface area contributed by atoms with Crippen LogP contribution in [0.15, 0.2) is 0 Å². The van der Waals surface area contributed by atoms with Gasteiger partial charge in [-0.05, 0) is 19.8 Å². The van der Waals surface area contributed by atoms with Crippen molar-refractivity contribution in [3.05, 3.63) is 0 Å². The van der Waals surface area contributed by atoms with Crippen molar-refractivity contribution < 1.29 is 14.3 Å². The second-order valence-corrected chi connectivity index (χ2v) is 3.26. The number of hydrogen-bond donors (Lipinski definition) is 0. The van der Waals surface area contributed by atoms with Crippen LogP contribution in [-0.4, -0.2) is 36.5 Å². The first kappa shape index (κ1) is 10.0. The van der Waals surface area contributed by atoms with Gasteiger partial charge in [0.2, 0.25) is 0 Å². The van der Waals surface area contributed by atoms with E-state index >= 15 is 0 Å². The molecule has 0 unspecified atom stereocenters. The summed E-state index contributed by atoms with van der Waals surface area (Å²) in [6.07, 6.45) is 2.14. The number of hydrogen-bond acceptors (Lipinski definition) is 3. The fourth-order valence-electron chi connectivity index (χ4n) is 1.31. The average Bonchev–Trinajstić information content (AvgIpc) is 2.45. The Bertz CT molecular complexity index is 203. The van der Waals surface area contributed by atoms with Crippen LogP contribution in [-0.2, 0) is 9.53 Å². The van der Waals surface area contributed by atoms with Crippen molar-refractivity contribution in [1.29, 1.82) is 0 Å². The Morgan fingerprint density at radius 2 is 2.31 bits per heavy atom. The molecule has 1 heterocycles. The maximum absolute atomic E-state index is 10.9. The van der Waals surface area contributed by atoms with Gasteiger partial charge in [0.15, 0.2) is 0 Å². The molecule has 0 atom stereocenters. The summed E-state index contributed by atoms with van der Waals surface area (Å²) in [5.41, 5.74) is 0. The molecule has 4 heteroatoms. The van der Waals surface area contributed by atoms with Gasteiger partial charge in [-0.2, -0.15) is 0 Å². The standard InChI is InChI=1S/C9H15NO3/c1-8(11)4-2-3-5-10-6-7-13-9(10)12/h2-7H2,1H3. The Balaban J connectivity index is 2.05. The number of carbonyl (C=O) groups excluding carboxylic acids is 2. The molecule has 1 aliphatic rings. The van der Waals surface area contributed by atoms with Crippen molar-refractivity contribution in [2.45, 2.75) is 26.2 Å². The highest BCUT2D eigenvalue weighted by molar-refractivity contribution is 5.75. The summed E-state index contributed by atoms with van der Waals surface area (Å²) in [5.74, 6) is 0.212. The largest absolute Gasteiger partial charge is 0.448 e. The van der Waals surface area contributed by atoms with E-state index in [4.69, 9.17) is 4.74 Å². The molecule has 0 aromatic carbocycles. The summed E-state index contributed by atoms with van der Waals surface area (Å²) in [5, 5.41) is 0. The fraction of sp³-hybridized carbons (Fsp3) is 0.778. The SMILES string of the molecule is CC(=O)CCCCN1CCOC1=O. The summed E-state index contributed by atoms with van der Waals surface area (Å²) >= 11 is 0. The first-order chi connectivity index (χ1) is 6.20. The number of cyclic esters (lactones) is 1. The van der Waals surface area contributed by atoms with Crippen LogP contribution >= 0.6 is 0 Å². The Hall–Kier alpha value is -1.06. The van der Waals surface area contributed by atoms with E-state index in [9.17, 15) is 9.59 Å². The van der Waals surface area contributed by atoms with Crippen molar-refractivity contribution in [2.24, 2.45) is 0 Å². The lowest BCUT2D eigenvalue weighted by Gasteiger charge is -2.11. The summed E-state index contributed by atoms with van der Waals surface area (Å²) in [6.45, 7) is 3.50. The molecule has 1 fully saturated rings. The Labute approximate surface area is 77.8 Å². The number of ether oxygens (including phenoxy) is 1. The zero-order valence-corrected chi connectivity index (χ0v) is 7.91. The number of Topliss-reactive ketones (excluding diaryl/α,β-unsaturated/α-hetero) is 1. The van der Waals surface area contributed by atoms with E-state index in [2.05, 4.69) is 0 Å². The molecule has 4 nitrogen and oxygen atoms in total. The van der Waals surface area contributed by atoms with Gasteiger partial charge in [-0.3, -0.25) is 0 Å². The molecule has 0 aliphatic carbocycles. The molecule has 74 valence electrons. The molecule has 0 aromatic rings. The number of ketones is 1. The van der Waals surface area contributed by atoms with Gasteiger partial charge < -0.3 is 14.4 Å². The normalized spacial score (nSPS) is 16.1. The highest BCUT2D eigenvalue weighted by Crippen LogP contribution is 2.06. The zero-order chi connectivity index (χ0) is 9.68. The molecular formula is C9H15NO3. The average molecular weight is 185 g/mol. The Morgan fingerprint density at radius 1 is 1.54 bits per heavy atom. The van der Waals surface area contributed by atoms with Crippen LogP contribution in [0.3, 0.4) is 0 Å². The third-order valence-corrected chi connectivity index (χ3v) is 2.05. The third-order valence-electron chi connectivity index (χ3n) is 2.05. The summed E-state index contributed by atoms with van der Waals surface area (Å²) in [4.78, 5) is 23.2. The van der Waals surface area contributed by atoms with Crippen LogP contribution in [0.2, 0.25) is 0 Å². The minimum absolute atomic E-state index is 0.212. The van der Waals surface area contributed by atoms with E-state index in [1.807, 2.05) is 0 Å². The van der Waals surface area contributed by atoms with E-state index in [-0.39, 0.29) is 11.9 Å². The van der Waals surface area contributed by atoms with E-state index in [1.54, 1.807) is 11.8 Å². The molecule has 0 saturated carbocycles. The van der Waals surface area contributed by atoms with Crippen molar-refractivity contribution in [3.63, 3.8) is 0 Å². The molecule has 0 bridgehead atoms. The van der Waals surface area contributed by atoms with Crippen LogP contribution in [0, 0.1) is 0 Å². The van der Waals surface area contributed by atoms with Gasteiger partial charge in [-0.25, -0.2) is 4.79 Å². The van der Waals surface area contributed by atoms with Crippen molar-refractivity contribution in [2.75, 3.05) is 19.7 Å². The molecule has 1 amide bonds. The van der Waals surface area contributed by atoms with Crippen molar-refractivity contribution in [3.8, 4) is 0 Å². The number of unbranched alkanes of at least 4 members (excludes halogenated alkanes) is 1. The molecular weight excluding hydrogens is 170 g/mol. The number of amides is 1. The first-order valence-corrected chi connectivity index (χ1v) is 4.61. The van der Waals surface area contributed by atoms with Gasteiger partial charge in [0.05, 0.1) is 6.54 Å². The molecule has 13 heavy (non-hydrogen) atoms. The summed E-state index contributed by atoms with van der Waals surface area (Å²) in [7, 11) is 0. The number of nitrogens with zero attached hydrogens (tertiary/aromatic N) is 1. The van der Waals surface area contributed by atoms with Crippen LogP contribution in [0.25, 0.3) is 0 Å². The molecule has 0 N–H and O–H groups in total. The maximum atomic E-state index is 10.9.